The standard InChI is InChI=1S/C31H32N4O3/c1-22-8-10-24(11-9-22)25-12-14-26(15-13-25)35(21-36)31-23(2)28(20-33(31)3)32-30(37)27-6-4-5-7-29(27)34-16-18-38-19-17-34/h4-15,20-21H,16-19H2,1-3H3,(H,32,37). The number of carbonyl (C=O) groups is 2. The molecular weight excluding hydrogens is 476 g/mol. The van der Waals surface area contributed by atoms with Crippen LogP contribution >= 0.6 is 0 Å². The number of carbonyl (C=O) groups excluding carboxylic acids is 2. The van der Waals surface area contributed by atoms with Gasteiger partial charge in [0.25, 0.3) is 5.91 Å². The number of benzene rings is 3. The molecule has 0 radical (unpaired) electrons. The third-order valence-corrected chi connectivity index (χ3v) is 7.01. The largest absolute Gasteiger partial charge is 0.378 e. The zero-order valence-corrected chi connectivity index (χ0v) is 22.0. The van der Waals surface area contributed by atoms with E-state index in [1.165, 1.54) is 5.56 Å². The van der Waals surface area contributed by atoms with Gasteiger partial charge >= 0.3 is 0 Å². The van der Waals surface area contributed by atoms with E-state index in [0.29, 0.717) is 30.3 Å². The van der Waals surface area contributed by atoms with Crippen LogP contribution in [-0.2, 0) is 16.6 Å². The van der Waals surface area contributed by atoms with Crippen LogP contribution in [0.1, 0.15) is 21.5 Å². The van der Waals surface area contributed by atoms with Crippen LogP contribution in [0, 0.1) is 13.8 Å². The monoisotopic (exact) mass is 508 g/mol. The van der Waals surface area contributed by atoms with Crippen LogP contribution in [-0.4, -0.2) is 43.2 Å². The van der Waals surface area contributed by atoms with Gasteiger partial charge in [-0.05, 0) is 49.2 Å². The molecule has 1 saturated heterocycles. The van der Waals surface area contributed by atoms with E-state index in [2.05, 4.69) is 41.4 Å². The summed E-state index contributed by atoms with van der Waals surface area (Å²) in [6.45, 7) is 6.76. The van der Waals surface area contributed by atoms with E-state index in [4.69, 9.17) is 4.74 Å². The molecule has 2 amide bonds. The molecule has 0 unspecified atom stereocenters. The molecule has 3 aromatic carbocycles. The molecule has 0 spiro atoms. The molecule has 0 aliphatic carbocycles. The summed E-state index contributed by atoms with van der Waals surface area (Å²) in [5.74, 6) is 0.507. The molecule has 0 atom stereocenters. The van der Waals surface area contributed by atoms with Gasteiger partial charge in [-0.15, -0.1) is 0 Å². The number of amides is 2. The number of morpholine rings is 1. The lowest BCUT2D eigenvalue weighted by molar-refractivity contribution is -0.106. The minimum absolute atomic E-state index is 0.188. The lowest BCUT2D eigenvalue weighted by atomic mass is 10.0. The minimum Gasteiger partial charge on any atom is -0.378 e. The summed E-state index contributed by atoms with van der Waals surface area (Å²) in [5, 5.41) is 3.07. The topological polar surface area (TPSA) is 66.8 Å². The molecular formula is C31H32N4O3. The van der Waals surface area contributed by atoms with E-state index < -0.39 is 0 Å². The zero-order chi connectivity index (χ0) is 26.6. The van der Waals surface area contributed by atoms with E-state index in [9.17, 15) is 9.59 Å². The Bertz CT molecular complexity index is 1440. The van der Waals surface area contributed by atoms with Crippen molar-refractivity contribution in [3.05, 3.63) is 95.7 Å². The second kappa shape index (κ2) is 10.9. The molecule has 7 heteroatoms. The van der Waals surface area contributed by atoms with E-state index >= 15 is 0 Å². The average molecular weight is 509 g/mol. The third-order valence-electron chi connectivity index (χ3n) is 7.01. The summed E-state index contributed by atoms with van der Waals surface area (Å²) in [5.41, 5.74) is 7.13. The number of anilines is 4. The van der Waals surface area contributed by atoms with Crippen molar-refractivity contribution in [2.45, 2.75) is 13.8 Å². The normalized spacial score (nSPS) is 13.3. The highest BCUT2D eigenvalue weighted by Crippen LogP contribution is 2.34. The second-order valence-corrected chi connectivity index (χ2v) is 9.56. The Morgan fingerprint density at radius 2 is 1.55 bits per heavy atom. The molecule has 7 nitrogen and oxygen atoms in total. The predicted octanol–water partition coefficient (Wildman–Crippen LogP) is 5.69. The lowest BCUT2D eigenvalue weighted by Crippen LogP contribution is -2.37. The van der Waals surface area contributed by atoms with Gasteiger partial charge in [0, 0.05) is 37.6 Å². The van der Waals surface area contributed by atoms with E-state index in [1.54, 1.807) is 4.90 Å². The fourth-order valence-electron chi connectivity index (χ4n) is 4.94. The molecule has 2 heterocycles. The van der Waals surface area contributed by atoms with E-state index in [-0.39, 0.29) is 5.91 Å². The molecule has 4 aromatic rings. The number of nitrogens with one attached hydrogen (secondary N) is 1. The molecule has 1 N–H and O–H groups in total. The molecule has 1 aliphatic rings. The molecule has 194 valence electrons. The van der Waals surface area contributed by atoms with Gasteiger partial charge in [0.05, 0.1) is 30.2 Å². The van der Waals surface area contributed by atoms with Crippen LogP contribution in [0.25, 0.3) is 11.1 Å². The van der Waals surface area contributed by atoms with Gasteiger partial charge in [-0.1, -0.05) is 54.1 Å². The summed E-state index contributed by atoms with van der Waals surface area (Å²) < 4.78 is 7.34. The van der Waals surface area contributed by atoms with Crippen LogP contribution in [0.3, 0.4) is 0 Å². The maximum absolute atomic E-state index is 13.4. The first-order valence-electron chi connectivity index (χ1n) is 12.8. The van der Waals surface area contributed by atoms with Crippen molar-refractivity contribution in [1.82, 2.24) is 4.57 Å². The molecule has 5 rings (SSSR count). The third kappa shape index (κ3) is 5.06. The number of hydrogen-bond donors (Lipinski definition) is 1. The fraction of sp³-hybridized carbons (Fsp3) is 0.226. The number of hydrogen-bond acceptors (Lipinski definition) is 4. The number of aryl methyl sites for hydroxylation is 2. The Hall–Kier alpha value is -4.36. The van der Waals surface area contributed by atoms with Gasteiger partial charge in [0.15, 0.2) is 0 Å². The van der Waals surface area contributed by atoms with Gasteiger partial charge in [-0.25, -0.2) is 0 Å². The molecule has 0 bridgehead atoms. The molecule has 0 saturated carbocycles. The van der Waals surface area contributed by atoms with Gasteiger partial charge in [0.2, 0.25) is 6.41 Å². The average Bonchev–Trinajstić information content (AvgIpc) is 3.22. The highest BCUT2D eigenvalue weighted by molar-refractivity contribution is 6.09. The summed E-state index contributed by atoms with van der Waals surface area (Å²) in [6, 6.07) is 23.9. The number of aromatic nitrogens is 1. The van der Waals surface area contributed by atoms with Crippen LogP contribution in [0.2, 0.25) is 0 Å². The summed E-state index contributed by atoms with van der Waals surface area (Å²) in [4.78, 5) is 29.5. The van der Waals surface area contributed by atoms with Crippen LogP contribution in [0.4, 0.5) is 22.9 Å². The summed E-state index contributed by atoms with van der Waals surface area (Å²) >= 11 is 0. The lowest BCUT2D eigenvalue weighted by Gasteiger charge is -2.30. The first-order chi connectivity index (χ1) is 18.5. The minimum atomic E-state index is -0.188. The first-order valence-corrected chi connectivity index (χ1v) is 12.8. The van der Waals surface area contributed by atoms with Crippen LogP contribution < -0.4 is 15.1 Å². The van der Waals surface area contributed by atoms with E-state index in [1.807, 2.05) is 73.3 Å². The zero-order valence-electron chi connectivity index (χ0n) is 22.0. The summed E-state index contributed by atoms with van der Waals surface area (Å²) in [6.07, 6.45) is 2.65. The number of rotatable bonds is 7. The predicted molar refractivity (Wildman–Crippen MR) is 152 cm³/mol. The summed E-state index contributed by atoms with van der Waals surface area (Å²) in [7, 11) is 1.87. The Kier molecular flexibility index (Phi) is 7.29. The fourth-order valence-corrected chi connectivity index (χ4v) is 4.94. The van der Waals surface area contributed by atoms with Crippen molar-refractivity contribution < 1.29 is 14.3 Å². The Balaban J connectivity index is 1.39. The number of para-hydroxylation sites is 1. The Labute approximate surface area is 223 Å². The van der Waals surface area contributed by atoms with Crippen molar-refractivity contribution in [2.75, 3.05) is 41.4 Å². The SMILES string of the molecule is Cc1ccc(-c2ccc(N(C=O)c3c(C)c(NC(=O)c4ccccc4N4CCOCC4)cn3C)cc2)cc1. The second-order valence-electron chi connectivity index (χ2n) is 9.56. The van der Waals surface area contributed by atoms with Crippen LogP contribution in [0.15, 0.2) is 79.0 Å². The first kappa shape index (κ1) is 25.3. The van der Waals surface area contributed by atoms with Gasteiger partial charge < -0.3 is 19.5 Å². The molecule has 1 fully saturated rings. The molecule has 1 aliphatic heterocycles. The quantitative estimate of drug-likeness (QED) is 0.326. The number of nitrogens with zero attached hydrogens (tertiary/aromatic N) is 3. The van der Waals surface area contributed by atoms with Gasteiger partial charge in [-0.2, -0.15) is 0 Å². The highest BCUT2D eigenvalue weighted by Gasteiger charge is 2.22. The van der Waals surface area contributed by atoms with Crippen molar-refractivity contribution in [3.8, 4) is 11.1 Å². The highest BCUT2D eigenvalue weighted by atomic mass is 16.5. The Morgan fingerprint density at radius 3 is 2.21 bits per heavy atom. The van der Waals surface area contributed by atoms with Gasteiger partial charge in [-0.3, -0.25) is 14.5 Å². The van der Waals surface area contributed by atoms with Crippen molar-refractivity contribution in [2.24, 2.45) is 7.05 Å². The van der Waals surface area contributed by atoms with Crippen molar-refractivity contribution in [1.29, 1.82) is 0 Å². The van der Waals surface area contributed by atoms with Crippen molar-refractivity contribution >= 4 is 35.2 Å². The van der Waals surface area contributed by atoms with Gasteiger partial charge in [0.1, 0.15) is 5.82 Å². The van der Waals surface area contributed by atoms with Crippen molar-refractivity contribution in [3.63, 3.8) is 0 Å². The Morgan fingerprint density at radius 1 is 0.921 bits per heavy atom. The molecule has 38 heavy (non-hydrogen) atoms. The molecule has 1 aromatic heterocycles. The smallest absolute Gasteiger partial charge is 0.257 e. The maximum Gasteiger partial charge on any atom is 0.257 e. The maximum atomic E-state index is 13.4. The van der Waals surface area contributed by atoms with E-state index in [0.717, 1.165) is 47.6 Å². The van der Waals surface area contributed by atoms with Crippen LogP contribution in [0.5, 0.6) is 0 Å². The number of ether oxygens (including phenoxy) is 1.